The molecular weight excluding hydrogens is 282 g/mol. The minimum Gasteiger partial charge on any atom is -0.480 e. The van der Waals surface area contributed by atoms with Crippen LogP contribution in [0.5, 0.6) is 0 Å². The van der Waals surface area contributed by atoms with Gasteiger partial charge in [-0.15, -0.1) is 0 Å². The zero-order valence-corrected chi connectivity index (χ0v) is 12.1. The number of carboxylic acid groups (broad SMARTS) is 1. The molecule has 0 saturated carbocycles. The summed E-state index contributed by atoms with van der Waals surface area (Å²) in [4.78, 5) is 19.5. The molecule has 0 unspecified atom stereocenters. The number of pyridine rings is 1. The number of imidazole rings is 1. The number of rotatable bonds is 5. The first-order chi connectivity index (χ1) is 10.6. The smallest absolute Gasteiger partial charge is 0.329 e. The molecule has 22 heavy (non-hydrogen) atoms. The van der Waals surface area contributed by atoms with E-state index in [9.17, 15) is 4.79 Å². The summed E-state index contributed by atoms with van der Waals surface area (Å²) < 4.78 is 7.09. The van der Waals surface area contributed by atoms with Crippen LogP contribution in [-0.4, -0.2) is 32.2 Å². The standard InChI is InChI=1S/C16H15N3O3/c1-11-6-7-17-14(8-11)19-13-5-3-2-4-12(13)18-15(19)9-22-10-16(20)21/h2-8H,9-10H2,1H3,(H,20,21). The van der Waals surface area contributed by atoms with Gasteiger partial charge in [0, 0.05) is 6.20 Å². The van der Waals surface area contributed by atoms with E-state index in [0.717, 1.165) is 22.4 Å². The van der Waals surface area contributed by atoms with Crippen molar-refractivity contribution in [1.29, 1.82) is 0 Å². The molecule has 6 heteroatoms. The molecule has 0 aliphatic rings. The average molecular weight is 297 g/mol. The number of aromatic nitrogens is 3. The van der Waals surface area contributed by atoms with Gasteiger partial charge in [-0.05, 0) is 36.8 Å². The number of carbonyl (C=O) groups is 1. The molecule has 2 heterocycles. The molecule has 0 bridgehead atoms. The maximum absolute atomic E-state index is 10.6. The number of benzene rings is 1. The quantitative estimate of drug-likeness (QED) is 0.782. The number of hydrogen-bond donors (Lipinski definition) is 1. The first-order valence-corrected chi connectivity index (χ1v) is 6.84. The molecule has 2 aromatic heterocycles. The highest BCUT2D eigenvalue weighted by molar-refractivity contribution is 5.77. The van der Waals surface area contributed by atoms with Crippen molar-refractivity contribution in [2.75, 3.05) is 6.61 Å². The molecule has 0 radical (unpaired) electrons. The van der Waals surface area contributed by atoms with Crippen LogP contribution in [0.2, 0.25) is 0 Å². The van der Waals surface area contributed by atoms with Crippen LogP contribution in [0.3, 0.4) is 0 Å². The number of aryl methyl sites for hydroxylation is 1. The third-order valence-electron chi connectivity index (χ3n) is 3.22. The Balaban J connectivity index is 2.07. The predicted molar refractivity (Wildman–Crippen MR) is 80.9 cm³/mol. The second kappa shape index (κ2) is 5.95. The van der Waals surface area contributed by atoms with Crippen LogP contribution in [0.25, 0.3) is 16.9 Å². The molecule has 1 N–H and O–H groups in total. The molecule has 0 aliphatic heterocycles. The van der Waals surface area contributed by atoms with Crippen molar-refractivity contribution in [3.63, 3.8) is 0 Å². The Morgan fingerprint density at radius 3 is 2.91 bits per heavy atom. The van der Waals surface area contributed by atoms with Gasteiger partial charge in [0.2, 0.25) is 0 Å². The molecular formula is C16H15N3O3. The second-order valence-electron chi connectivity index (χ2n) is 4.93. The van der Waals surface area contributed by atoms with E-state index in [2.05, 4.69) is 9.97 Å². The third kappa shape index (κ3) is 2.82. The Hall–Kier alpha value is -2.73. The molecule has 112 valence electrons. The van der Waals surface area contributed by atoms with Crippen molar-refractivity contribution < 1.29 is 14.6 Å². The third-order valence-corrected chi connectivity index (χ3v) is 3.22. The molecule has 0 saturated heterocycles. The molecule has 0 amide bonds. The van der Waals surface area contributed by atoms with E-state index in [4.69, 9.17) is 9.84 Å². The predicted octanol–water partition coefficient (Wildman–Crippen LogP) is 2.33. The summed E-state index contributed by atoms with van der Waals surface area (Å²) in [6.07, 6.45) is 1.74. The number of ether oxygens (including phenoxy) is 1. The fourth-order valence-electron chi connectivity index (χ4n) is 2.30. The molecule has 6 nitrogen and oxygen atoms in total. The summed E-state index contributed by atoms with van der Waals surface area (Å²) in [6, 6.07) is 11.6. The van der Waals surface area contributed by atoms with Crippen LogP contribution in [0, 0.1) is 6.92 Å². The monoisotopic (exact) mass is 297 g/mol. The van der Waals surface area contributed by atoms with Gasteiger partial charge in [0.25, 0.3) is 0 Å². The van der Waals surface area contributed by atoms with Gasteiger partial charge in [0.15, 0.2) is 0 Å². The lowest BCUT2D eigenvalue weighted by atomic mass is 10.3. The summed E-state index contributed by atoms with van der Waals surface area (Å²) in [5, 5.41) is 8.69. The van der Waals surface area contributed by atoms with Crippen LogP contribution in [0.1, 0.15) is 11.4 Å². The van der Waals surface area contributed by atoms with Gasteiger partial charge in [-0.2, -0.15) is 0 Å². The lowest BCUT2D eigenvalue weighted by Gasteiger charge is -2.09. The number of aliphatic carboxylic acids is 1. The fraction of sp³-hybridized carbons (Fsp3) is 0.188. The first kappa shape index (κ1) is 14.2. The summed E-state index contributed by atoms with van der Waals surface area (Å²) >= 11 is 0. The summed E-state index contributed by atoms with van der Waals surface area (Å²) in [5.74, 6) is 0.361. The van der Waals surface area contributed by atoms with Crippen LogP contribution in [-0.2, 0) is 16.1 Å². The topological polar surface area (TPSA) is 77.2 Å². The minimum atomic E-state index is -1.00. The van der Waals surface area contributed by atoms with E-state index in [1.165, 1.54) is 0 Å². The molecule has 0 aliphatic carbocycles. The van der Waals surface area contributed by atoms with Crippen LogP contribution >= 0.6 is 0 Å². The normalized spacial score (nSPS) is 11.0. The van der Waals surface area contributed by atoms with Gasteiger partial charge in [0.05, 0.1) is 11.0 Å². The van der Waals surface area contributed by atoms with Crippen LogP contribution in [0.4, 0.5) is 0 Å². The molecule has 3 aromatic rings. The summed E-state index contributed by atoms with van der Waals surface area (Å²) in [6.45, 7) is 1.74. The highest BCUT2D eigenvalue weighted by atomic mass is 16.5. The minimum absolute atomic E-state index is 0.108. The Bertz CT molecular complexity index is 826. The molecule has 3 rings (SSSR count). The largest absolute Gasteiger partial charge is 0.480 e. The zero-order valence-electron chi connectivity index (χ0n) is 12.1. The van der Waals surface area contributed by atoms with Gasteiger partial charge in [-0.1, -0.05) is 12.1 Å². The summed E-state index contributed by atoms with van der Waals surface area (Å²) in [5.41, 5.74) is 2.81. The van der Waals surface area contributed by atoms with Crippen molar-refractivity contribution in [1.82, 2.24) is 14.5 Å². The zero-order chi connectivity index (χ0) is 15.5. The Labute approximate surface area is 127 Å². The molecule has 0 atom stereocenters. The first-order valence-electron chi connectivity index (χ1n) is 6.84. The number of hydrogen-bond acceptors (Lipinski definition) is 4. The van der Waals surface area contributed by atoms with Gasteiger partial charge in [-0.25, -0.2) is 14.8 Å². The van der Waals surface area contributed by atoms with Gasteiger partial charge < -0.3 is 9.84 Å². The lowest BCUT2D eigenvalue weighted by molar-refractivity contribution is -0.142. The van der Waals surface area contributed by atoms with Gasteiger partial charge >= 0.3 is 5.97 Å². The number of carboxylic acids is 1. The maximum Gasteiger partial charge on any atom is 0.329 e. The van der Waals surface area contributed by atoms with Crippen LogP contribution in [0.15, 0.2) is 42.6 Å². The van der Waals surface area contributed by atoms with Crippen molar-refractivity contribution in [3.05, 3.63) is 54.0 Å². The van der Waals surface area contributed by atoms with Crippen molar-refractivity contribution >= 4 is 17.0 Å². The maximum atomic E-state index is 10.6. The lowest BCUT2D eigenvalue weighted by Crippen LogP contribution is -2.10. The SMILES string of the molecule is Cc1ccnc(-n2c(COCC(=O)O)nc3ccccc32)c1. The van der Waals surface area contributed by atoms with E-state index in [0.29, 0.717) is 5.82 Å². The number of para-hydroxylation sites is 2. The Kier molecular flexibility index (Phi) is 3.84. The summed E-state index contributed by atoms with van der Waals surface area (Å²) in [7, 11) is 0. The molecule has 0 spiro atoms. The van der Waals surface area contributed by atoms with Crippen LogP contribution < -0.4 is 0 Å². The second-order valence-corrected chi connectivity index (χ2v) is 4.93. The fourth-order valence-corrected chi connectivity index (χ4v) is 2.30. The van der Waals surface area contributed by atoms with E-state index >= 15 is 0 Å². The Morgan fingerprint density at radius 1 is 1.32 bits per heavy atom. The average Bonchev–Trinajstić information content (AvgIpc) is 2.85. The van der Waals surface area contributed by atoms with Gasteiger partial charge in [0.1, 0.15) is 24.9 Å². The number of fused-ring (bicyclic) bond motifs is 1. The van der Waals surface area contributed by atoms with E-state index in [1.807, 2.05) is 47.9 Å². The molecule has 1 aromatic carbocycles. The number of nitrogens with zero attached hydrogens (tertiary/aromatic N) is 3. The van der Waals surface area contributed by atoms with Crippen molar-refractivity contribution in [3.8, 4) is 5.82 Å². The highest BCUT2D eigenvalue weighted by Gasteiger charge is 2.13. The van der Waals surface area contributed by atoms with E-state index < -0.39 is 5.97 Å². The van der Waals surface area contributed by atoms with Crippen molar-refractivity contribution in [2.24, 2.45) is 0 Å². The van der Waals surface area contributed by atoms with Gasteiger partial charge in [-0.3, -0.25) is 4.57 Å². The molecule has 0 fully saturated rings. The van der Waals surface area contributed by atoms with E-state index in [-0.39, 0.29) is 13.2 Å². The Morgan fingerprint density at radius 2 is 2.14 bits per heavy atom. The highest BCUT2D eigenvalue weighted by Crippen LogP contribution is 2.21. The van der Waals surface area contributed by atoms with Crippen molar-refractivity contribution in [2.45, 2.75) is 13.5 Å². The van der Waals surface area contributed by atoms with E-state index in [1.54, 1.807) is 6.20 Å².